The molecule has 6 heterocycles. The largest absolute Gasteiger partial charge is 0.439 e. The van der Waals surface area contributed by atoms with E-state index in [1.165, 1.54) is 0 Å². The van der Waals surface area contributed by atoms with Crippen molar-refractivity contribution >= 4 is 45.3 Å². The molecule has 3 atom stereocenters. The molecule has 2 fully saturated rings. The van der Waals surface area contributed by atoms with Gasteiger partial charge in [-0.05, 0) is 31.7 Å². The number of anilines is 1. The Kier molecular flexibility index (Phi) is 3.73. The molecule has 7 rings (SSSR count). The van der Waals surface area contributed by atoms with Crippen LogP contribution in [0.5, 0.6) is 0 Å². The third-order valence-electron chi connectivity index (χ3n) is 7.05. The molecule has 9 heteroatoms. The van der Waals surface area contributed by atoms with Crippen LogP contribution in [0.2, 0.25) is 5.02 Å². The number of hydrogen-bond acceptors (Lipinski definition) is 6. The maximum atomic E-state index is 6.77. The van der Waals surface area contributed by atoms with E-state index in [2.05, 4.69) is 19.3 Å². The average molecular weight is 448 g/mol. The Labute approximate surface area is 188 Å². The predicted octanol–water partition coefficient (Wildman–Crippen LogP) is 4.44. The first-order chi connectivity index (χ1) is 15.6. The summed E-state index contributed by atoms with van der Waals surface area (Å²) in [5, 5.41) is 1.48. The van der Waals surface area contributed by atoms with E-state index in [-0.39, 0.29) is 6.04 Å². The molecule has 0 radical (unpaired) electrons. The van der Waals surface area contributed by atoms with Crippen molar-refractivity contribution in [3.05, 3.63) is 41.6 Å². The van der Waals surface area contributed by atoms with Crippen LogP contribution < -0.4 is 10.6 Å². The highest BCUT2D eigenvalue weighted by molar-refractivity contribution is 6.38. The van der Waals surface area contributed by atoms with E-state index in [1.54, 1.807) is 0 Å². The molecular weight excluding hydrogens is 426 g/mol. The van der Waals surface area contributed by atoms with Gasteiger partial charge in [-0.15, -0.1) is 0 Å². The summed E-state index contributed by atoms with van der Waals surface area (Å²) in [6.45, 7) is 1.82. The molecule has 5 aromatic rings. The third kappa shape index (κ3) is 2.45. The summed E-state index contributed by atoms with van der Waals surface area (Å²) < 4.78 is 7.86. The van der Waals surface area contributed by atoms with Gasteiger partial charge in [-0.3, -0.25) is 4.40 Å². The molecule has 32 heavy (non-hydrogen) atoms. The van der Waals surface area contributed by atoms with Crippen LogP contribution in [-0.2, 0) is 0 Å². The van der Waals surface area contributed by atoms with Gasteiger partial charge in [0.15, 0.2) is 17.1 Å². The highest BCUT2D eigenvalue weighted by Crippen LogP contribution is 2.42. The van der Waals surface area contributed by atoms with Gasteiger partial charge < -0.3 is 20.0 Å². The van der Waals surface area contributed by atoms with E-state index in [1.807, 2.05) is 37.6 Å². The molecule has 162 valence electrons. The summed E-state index contributed by atoms with van der Waals surface area (Å²) >= 11 is 6.77. The van der Waals surface area contributed by atoms with Crippen LogP contribution in [0.4, 0.5) is 5.95 Å². The lowest BCUT2D eigenvalue weighted by atomic mass is 9.98. The van der Waals surface area contributed by atoms with Crippen LogP contribution in [0.25, 0.3) is 38.9 Å². The molecule has 0 spiro atoms. The number of piperidine rings is 1. The first kappa shape index (κ1) is 18.5. The molecule has 3 N–H and O–H groups in total. The number of imidazole rings is 1. The van der Waals surface area contributed by atoms with Gasteiger partial charge in [-0.1, -0.05) is 17.7 Å². The van der Waals surface area contributed by atoms with Gasteiger partial charge in [-0.25, -0.2) is 9.97 Å². The molecule has 2 bridgehead atoms. The lowest BCUT2D eigenvalue weighted by Gasteiger charge is -2.38. The summed E-state index contributed by atoms with van der Waals surface area (Å²) in [4.78, 5) is 20.0. The first-order valence-electron chi connectivity index (χ1n) is 11.0. The number of benzene rings is 1. The molecule has 2 aliphatic heterocycles. The van der Waals surface area contributed by atoms with Crippen molar-refractivity contribution in [2.24, 2.45) is 5.73 Å². The van der Waals surface area contributed by atoms with Crippen LogP contribution in [0.1, 0.15) is 31.6 Å². The maximum absolute atomic E-state index is 6.77. The SMILES string of the molecule is Cc1nc2ccc(-c3c[nH]c4nc(N5[C@@H]6CC[C@H]5CC(N)C6)n5ccnc5c34)c(Cl)c2o1. The Hall–Kier alpha value is -3.10. The minimum Gasteiger partial charge on any atom is -0.439 e. The van der Waals surface area contributed by atoms with Crippen LogP contribution in [0.3, 0.4) is 0 Å². The molecule has 8 nitrogen and oxygen atoms in total. The van der Waals surface area contributed by atoms with Gasteiger partial charge in [0.2, 0.25) is 5.95 Å². The number of hydrogen-bond donors (Lipinski definition) is 2. The molecule has 4 aromatic heterocycles. The van der Waals surface area contributed by atoms with Crippen molar-refractivity contribution in [2.45, 2.75) is 50.7 Å². The fourth-order valence-electron chi connectivity index (χ4n) is 5.75. The number of oxazole rings is 1. The summed E-state index contributed by atoms with van der Waals surface area (Å²) in [5.74, 6) is 1.53. The Balaban J connectivity index is 1.44. The number of aromatic amines is 1. The van der Waals surface area contributed by atoms with Crippen LogP contribution in [0.15, 0.2) is 35.1 Å². The number of halogens is 1. The molecule has 1 aromatic carbocycles. The zero-order chi connectivity index (χ0) is 21.6. The Morgan fingerprint density at radius 2 is 1.97 bits per heavy atom. The molecule has 2 aliphatic rings. The van der Waals surface area contributed by atoms with E-state index in [0.717, 1.165) is 65.0 Å². The summed E-state index contributed by atoms with van der Waals surface area (Å²) in [6.07, 6.45) is 10.1. The van der Waals surface area contributed by atoms with Crippen LogP contribution in [-0.4, -0.2) is 42.5 Å². The second-order valence-electron chi connectivity index (χ2n) is 8.99. The molecule has 0 saturated carbocycles. The number of H-pyrrole nitrogens is 1. The first-order valence-corrected chi connectivity index (χ1v) is 11.4. The zero-order valence-electron chi connectivity index (χ0n) is 17.5. The normalized spacial score (nSPS) is 23.2. The van der Waals surface area contributed by atoms with Crippen molar-refractivity contribution < 1.29 is 4.42 Å². The van der Waals surface area contributed by atoms with Crippen molar-refractivity contribution in [1.82, 2.24) is 24.3 Å². The minimum atomic E-state index is 0.277. The van der Waals surface area contributed by atoms with E-state index < -0.39 is 0 Å². The van der Waals surface area contributed by atoms with E-state index in [4.69, 9.17) is 31.7 Å². The van der Waals surface area contributed by atoms with Gasteiger partial charge in [0.25, 0.3) is 0 Å². The maximum Gasteiger partial charge on any atom is 0.213 e. The van der Waals surface area contributed by atoms with Crippen LogP contribution in [0, 0.1) is 6.92 Å². The van der Waals surface area contributed by atoms with Crippen molar-refractivity contribution in [3.8, 4) is 11.1 Å². The Morgan fingerprint density at radius 1 is 1.16 bits per heavy atom. The van der Waals surface area contributed by atoms with E-state index in [9.17, 15) is 0 Å². The number of nitrogens with one attached hydrogen (secondary N) is 1. The second kappa shape index (κ2) is 6.46. The average Bonchev–Trinajstić information content (AvgIpc) is 3.52. The summed E-state index contributed by atoms with van der Waals surface area (Å²) in [6, 6.07) is 5.06. The monoisotopic (exact) mass is 447 g/mol. The second-order valence-corrected chi connectivity index (χ2v) is 9.37. The number of aryl methyl sites for hydroxylation is 1. The molecule has 0 amide bonds. The zero-order valence-corrected chi connectivity index (χ0v) is 18.3. The smallest absolute Gasteiger partial charge is 0.213 e. The third-order valence-corrected chi connectivity index (χ3v) is 7.42. The van der Waals surface area contributed by atoms with Gasteiger partial charge in [-0.2, -0.15) is 4.98 Å². The highest BCUT2D eigenvalue weighted by atomic mass is 35.5. The Morgan fingerprint density at radius 3 is 2.78 bits per heavy atom. The minimum absolute atomic E-state index is 0.277. The van der Waals surface area contributed by atoms with Gasteiger partial charge in [0, 0.05) is 54.8 Å². The topological polar surface area (TPSA) is 101 Å². The van der Waals surface area contributed by atoms with E-state index >= 15 is 0 Å². The number of rotatable bonds is 2. The molecule has 0 aliphatic carbocycles. The lowest BCUT2D eigenvalue weighted by molar-refractivity contribution is 0.408. The quantitative estimate of drug-likeness (QED) is 0.415. The number of fused-ring (bicyclic) bond motifs is 6. The molecule has 2 saturated heterocycles. The predicted molar refractivity (Wildman–Crippen MR) is 124 cm³/mol. The van der Waals surface area contributed by atoms with E-state index in [0.29, 0.717) is 28.6 Å². The number of aromatic nitrogens is 5. The van der Waals surface area contributed by atoms with Crippen LogP contribution >= 0.6 is 11.6 Å². The van der Waals surface area contributed by atoms with Crippen molar-refractivity contribution in [1.29, 1.82) is 0 Å². The Bertz CT molecular complexity index is 1500. The summed E-state index contributed by atoms with van der Waals surface area (Å²) in [5.41, 5.74) is 11.1. The van der Waals surface area contributed by atoms with Crippen molar-refractivity contribution in [2.75, 3.05) is 4.90 Å². The van der Waals surface area contributed by atoms with Gasteiger partial charge in [0.1, 0.15) is 11.2 Å². The standard InChI is InChI=1S/C23H22ClN7O/c1-11-28-17-5-4-15(19(24)20(17)32-11)16-10-27-21-18(16)22-26-6-7-30(22)23(29-21)31-13-2-3-14(31)9-12(25)8-13/h4-7,10,12-14,27H,2-3,8-9,25H2,1H3/t12?,13-,14+. The van der Waals surface area contributed by atoms with Gasteiger partial charge >= 0.3 is 0 Å². The molecule has 1 unspecified atom stereocenters. The summed E-state index contributed by atoms with van der Waals surface area (Å²) in [7, 11) is 0. The van der Waals surface area contributed by atoms with Crippen molar-refractivity contribution in [3.63, 3.8) is 0 Å². The fraction of sp³-hybridized carbons (Fsp3) is 0.348. The number of nitrogens with two attached hydrogens (primary N) is 1. The fourth-order valence-corrected chi connectivity index (χ4v) is 6.05. The molecular formula is C23H22ClN7O. The lowest BCUT2D eigenvalue weighted by Crippen LogP contribution is -2.48. The number of nitrogens with zero attached hydrogens (tertiary/aromatic N) is 5. The van der Waals surface area contributed by atoms with Gasteiger partial charge in [0.05, 0.1) is 10.4 Å². The highest BCUT2D eigenvalue weighted by Gasteiger charge is 2.41.